The van der Waals surface area contributed by atoms with Gasteiger partial charge in [-0.15, -0.1) is 0 Å². The minimum atomic E-state index is 0.350. The molecule has 2 heterocycles. The second-order valence-corrected chi connectivity index (χ2v) is 6.15. The van der Waals surface area contributed by atoms with Crippen molar-refractivity contribution in [2.24, 2.45) is 10.9 Å². The van der Waals surface area contributed by atoms with E-state index in [2.05, 4.69) is 40.4 Å². The molecule has 0 saturated carbocycles. The summed E-state index contributed by atoms with van der Waals surface area (Å²) in [5, 5.41) is 4.39. The lowest BCUT2D eigenvalue weighted by Gasteiger charge is -2.16. The van der Waals surface area contributed by atoms with Gasteiger partial charge in [-0.05, 0) is 24.1 Å². The molecule has 1 unspecified atom stereocenters. The van der Waals surface area contributed by atoms with Crippen LogP contribution in [-0.4, -0.2) is 24.9 Å². The summed E-state index contributed by atoms with van der Waals surface area (Å²) in [7, 11) is 1.69. The average molecular weight is 301 g/mol. The van der Waals surface area contributed by atoms with E-state index in [-0.39, 0.29) is 0 Å². The fourth-order valence-corrected chi connectivity index (χ4v) is 3.29. The van der Waals surface area contributed by atoms with Crippen molar-refractivity contribution in [3.05, 3.63) is 35.7 Å². The van der Waals surface area contributed by atoms with Gasteiger partial charge in [-0.3, -0.25) is 4.99 Å². The molecule has 1 N–H and O–H groups in total. The summed E-state index contributed by atoms with van der Waals surface area (Å²) in [6.45, 7) is 3.00. The van der Waals surface area contributed by atoms with Crippen molar-refractivity contribution in [3.63, 3.8) is 0 Å². The van der Waals surface area contributed by atoms with Crippen molar-refractivity contribution < 1.29 is 4.74 Å². The molecule has 1 atom stereocenters. The molecule has 0 spiro atoms. The number of thiazole rings is 1. The van der Waals surface area contributed by atoms with E-state index in [9.17, 15) is 0 Å². The van der Waals surface area contributed by atoms with Gasteiger partial charge in [-0.25, -0.2) is 4.98 Å². The Balaban J connectivity index is 1.66. The summed E-state index contributed by atoms with van der Waals surface area (Å²) < 4.78 is 6.50. The number of benzene rings is 1. The predicted molar refractivity (Wildman–Crippen MR) is 89.2 cm³/mol. The quantitative estimate of drug-likeness (QED) is 0.912. The van der Waals surface area contributed by atoms with E-state index in [0.29, 0.717) is 5.92 Å². The molecule has 3 rings (SSSR count). The molecule has 21 heavy (non-hydrogen) atoms. The molecule has 1 aromatic heterocycles. The van der Waals surface area contributed by atoms with Crippen molar-refractivity contribution in [1.82, 2.24) is 4.98 Å². The molecule has 0 fully saturated rings. The highest BCUT2D eigenvalue weighted by atomic mass is 32.1. The molecule has 4 nitrogen and oxygen atoms in total. The zero-order valence-electron chi connectivity index (χ0n) is 12.3. The minimum Gasteiger partial charge on any atom is -0.499 e. The maximum absolute atomic E-state index is 5.25. The fourth-order valence-electron chi connectivity index (χ4n) is 2.36. The lowest BCUT2D eigenvalue weighted by molar-refractivity contribution is 0.267. The summed E-state index contributed by atoms with van der Waals surface area (Å²) >= 11 is 1.71. The molecule has 1 aromatic carbocycles. The van der Waals surface area contributed by atoms with Crippen molar-refractivity contribution in [1.29, 1.82) is 0 Å². The van der Waals surface area contributed by atoms with Gasteiger partial charge in [0.15, 0.2) is 5.13 Å². The first-order valence-electron chi connectivity index (χ1n) is 7.18. The number of aromatic nitrogens is 1. The number of ether oxygens (including phenoxy) is 1. The average Bonchev–Trinajstić information content (AvgIpc) is 2.95. The van der Waals surface area contributed by atoms with Crippen molar-refractivity contribution in [3.8, 4) is 0 Å². The predicted octanol–water partition coefficient (Wildman–Crippen LogP) is 3.85. The van der Waals surface area contributed by atoms with E-state index in [1.807, 2.05) is 6.21 Å². The first-order valence-corrected chi connectivity index (χ1v) is 8.00. The van der Waals surface area contributed by atoms with E-state index in [4.69, 9.17) is 4.74 Å². The molecule has 2 aromatic rings. The minimum absolute atomic E-state index is 0.350. The Labute approximate surface area is 128 Å². The lowest BCUT2D eigenvalue weighted by atomic mass is 10.0. The summed E-state index contributed by atoms with van der Waals surface area (Å²) in [6, 6.07) is 6.48. The highest BCUT2D eigenvalue weighted by molar-refractivity contribution is 7.22. The standard InChI is InChI=1S/C16H19N3OS/c1-3-11-4-5-14-15(7-11)21-16(19-14)18-9-12-6-13(20-2)10-17-8-12/h4-5,7-8,10,12H,3,6,9H2,1-2H3,(H,18,19). The molecule has 0 bridgehead atoms. The number of fused-ring (bicyclic) bond motifs is 1. The smallest absolute Gasteiger partial charge is 0.183 e. The topological polar surface area (TPSA) is 46.5 Å². The number of nitrogens with one attached hydrogen (secondary N) is 1. The van der Waals surface area contributed by atoms with Gasteiger partial charge in [0.2, 0.25) is 0 Å². The number of hydrogen-bond donors (Lipinski definition) is 1. The van der Waals surface area contributed by atoms with Crippen molar-refractivity contribution >= 4 is 32.9 Å². The number of nitrogens with zero attached hydrogens (tertiary/aromatic N) is 2. The number of methoxy groups -OCH3 is 1. The zero-order valence-corrected chi connectivity index (χ0v) is 13.1. The summed E-state index contributed by atoms with van der Waals surface area (Å²) in [5.41, 5.74) is 2.42. The molecule has 0 aliphatic carbocycles. The Morgan fingerprint density at radius 3 is 3.14 bits per heavy atom. The number of aliphatic imine (C=N–C) groups is 1. The van der Waals surface area contributed by atoms with Gasteiger partial charge in [0.1, 0.15) is 5.76 Å². The van der Waals surface area contributed by atoms with Crippen LogP contribution in [0.3, 0.4) is 0 Å². The normalized spacial score (nSPS) is 17.8. The van der Waals surface area contributed by atoms with E-state index in [1.54, 1.807) is 24.6 Å². The Kier molecular flexibility index (Phi) is 4.20. The van der Waals surface area contributed by atoms with Crippen LogP contribution in [0.15, 0.2) is 35.2 Å². The number of hydrogen-bond acceptors (Lipinski definition) is 5. The molecular weight excluding hydrogens is 282 g/mol. The van der Waals surface area contributed by atoms with Crippen molar-refractivity contribution in [2.45, 2.75) is 19.8 Å². The molecule has 1 aliphatic rings. The molecule has 0 saturated heterocycles. The highest BCUT2D eigenvalue weighted by Gasteiger charge is 2.13. The number of aryl methyl sites for hydroxylation is 1. The van der Waals surface area contributed by atoms with E-state index < -0.39 is 0 Å². The molecule has 1 aliphatic heterocycles. The van der Waals surface area contributed by atoms with Gasteiger partial charge in [0, 0.05) is 25.1 Å². The largest absolute Gasteiger partial charge is 0.499 e. The molecule has 0 amide bonds. The summed E-state index contributed by atoms with van der Waals surface area (Å²) in [5.74, 6) is 1.28. The summed E-state index contributed by atoms with van der Waals surface area (Å²) in [6.07, 6.45) is 5.69. The van der Waals surface area contributed by atoms with Crippen LogP contribution in [0.1, 0.15) is 18.9 Å². The van der Waals surface area contributed by atoms with Crippen LogP contribution in [0, 0.1) is 5.92 Å². The zero-order chi connectivity index (χ0) is 14.7. The van der Waals surface area contributed by atoms with Gasteiger partial charge in [-0.2, -0.15) is 0 Å². The van der Waals surface area contributed by atoms with Gasteiger partial charge in [0.25, 0.3) is 0 Å². The SMILES string of the molecule is CCc1ccc2nc(NCC3C=NC=C(OC)C3)sc2c1. The van der Waals surface area contributed by atoms with Crippen LogP contribution in [0.25, 0.3) is 10.2 Å². The third-order valence-electron chi connectivity index (χ3n) is 3.62. The lowest BCUT2D eigenvalue weighted by Crippen LogP contribution is -2.18. The van der Waals surface area contributed by atoms with Crippen LogP contribution in [0.4, 0.5) is 5.13 Å². The number of anilines is 1. The van der Waals surface area contributed by atoms with Crippen LogP contribution in [0.5, 0.6) is 0 Å². The van der Waals surface area contributed by atoms with Crippen LogP contribution in [0.2, 0.25) is 0 Å². The second kappa shape index (κ2) is 6.26. The Bertz CT molecular complexity index is 690. The molecule has 0 radical (unpaired) electrons. The third kappa shape index (κ3) is 3.24. The first kappa shape index (κ1) is 14.1. The third-order valence-corrected chi connectivity index (χ3v) is 4.59. The van der Waals surface area contributed by atoms with E-state index >= 15 is 0 Å². The molecule has 5 heteroatoms. The Morgan fingerprint density at radius 1 is 1.43 bits per heavy atom. The summed E-state index contributed by atoms with van der Waals surface area (Å²) in [4.78, 5) is 8.85. The van der Waals surface area contributed by atoms with Crippen molar-refractivity contribution in [2.75, 3.05) is 19.0 Å². The van der Waals surface area contributed by atoms with E-state index in [0.717, 1.165) is 35.8 Å². The highest BCUT2D eigenvalue weighted by Crippen LogP contribution is 2.27. The van der Waals surface area contributed by atoms with Crippen LogP contribution >= 0.6 is 11.3 Å². The molecular formula is C16H19N3OS. The maximum Gasteiger partial charge on any atom is 0.183 e. The second-order valence-electron chi connectivity index (χ2n) is 5.12. The maximum atomic E-state index is 5.25. The molecule has 110 valence electrons. The van der Waals surface area contributed by atoms with Gasteiger partial charge in [0.05, 0.1) is 23.5 Å². The number of allylic oxidation sites excluding steroid dienone is 1. The van der Waals surface area contributed by atoms with Crippen LogP contribution in [-0.2, 0) is 11.2 Å². The van der Waals surface area contributed by atoms with Gasteiger partial charge in [-0.1, -0.05) is 24.3 Å². The van der Waals surface area contributed by atoms with Gasteiger partial charge < -0.3 is 10.1 Å². The Hall–Kier alpha value is -1.88. The number of rotatable bonds is 5. The van der Waals surface area contributed by atoms with E-state index in [1.165, 1.54) is 10.3 Å². The monoisotopic (exact) mass is 301 g/mol. The fraction of sp³-hybridized carbons (Fsp3) is 0.375. The first-order chi connectivity index (χ1) is 10.3. The van der Waals surface area contributed by atoms with Gasteiger partial charge >= 0.3 is 0 Å². The van der Waals surface area contributed by atoms with Crippen LogP contribution < -0.4 is 5.32 Å². The Morgan fingerprint density at radius 2 is 2.33 bits per heavy atom.